The standard InChI is InChI=1S/C11H19N5O/c1-7-5-3-4-6-8(7)16(2)10(17)9-13-11(12)15-14-9/h7-8H,3-6H2,1-2H3,(H3,12,13,14,15). The van der Waals surface area contributed by atoms with E-state index in [4.69, 9.17) is 5.73 Å². The number of aromatic nitrogens is 3. The number of nitrogens with two attached hydrogens (primary N) is 1. The van der Waals surface area contributed by atoms with E-state index in [2.05, 4.69) is 22.1 Å². The molecule has 1 fully saturated rings. The summed E-state index contributed by atoms with van der Waals surface area (Å²) in [6.07, 6.45) is 4.69. The van der Waals surface area contributed by atoms with Gasteiger partial charge in [0.1, 0.15) is 0 Å². The molecule has 0 aromatic carbocycles. The average Bonchev–Trinajstić information content (AvgIpc) is 2.75. The highest BCUT2D eigenvalue weighted by Crippen LogP contribution is 2.27. The minimum Gasteiger partial charge on any atom is -0.366 e. The third-order valence-electron chi connectivity index (χ3n) is 3.59. The van der Waals surface area contributed by atoms with Gasteiger partial charge in [0, 0.05) is 13.1 Å². The molecule has 0 saturated heterocycles. The fourth-order valence-corrected chi connectivity index (χ4v) is 2.56. The van der Waals surface area contributed by atoms with Crippen LogP contribution >= 0.6 is 0 Å². The Balaban J connectivity index is 2.08. The number of carbonyl (C=O) groups is 1. The Morgan fingerprint density at radius 3 is 2.76 bits per heavy atom. The fraction of sp³-hybridized carbons (Fsp3) is 0.727. The summed E-state index contributed by atoms with van der Waals surface area (Å²) in [5.41, 5.74) is 5.40. The predicted molar refractivity (Wildman–Crippen MR) is 64.3 cm³/mol. The van der Waals surface area contributed by atoms with Crippen LogP contribution in [0.4, 0.5) is 5.95 Å². The second-order valence-electron chi connectivity index (χ2n) is 4.79. The highest BCUT2D eigenvalue weighted by molar-refractivity contribution is 5.90. The number of carbonyl (C=O) groups excluding carboxylic acids is 1. The third-order valence-corrected chi connectivity index (χ3v) is 3.59. The Kier molecular flexibility index (Phi) is 3.31. The molecule has 2 atom stereocenters. The number of nitrogens with one attached hydrogen (secondary N) is 1. The van der Waals surface area contributed by atoms with Crippen molar-refractivity contribution in [1.29, 1.82) is 0 Å². The lowest BCUT2D eigenvalue weighted by molar-refractivity contribution is 0.0617. The molecule has 0 spiro atoms. The third kappa shape index (κ3) is 2.40. The first-order valence-corrected chi connectivity index (χ1v) is 6.04. The van der Waals surface area contributed by atoms with E-state index in [0.717, 1.165) is 6.42 Å². The van der Waals surface area contributed by atoms with Crippen LogP contribution in [0, 0.1) is 5.92 Å². The van der Waals surface area contributed by atoms with Crippen molar-refractivity contribution in [1.82, 2.24) is 20.1 Å². The summed E-state index contributed by atoms with van der Waals surface area (Å²) in [6, 6.07) is 0.294. The van der Waals surface area contributed by atoms with Gasteiger partial charge in [0.25, 0.3) is 5.91 Å². The van der Waals surface area contributed by atoms with Gasteiger partial charge < -0.3 is 10.6 Å². The summed E-state index contributed by atoms with van der Waals surface area (Å²) in [6.45, 7) is 2.20. The smallest absolute Gasteiger partial charge is 0.291 e. The van der Waals surface area contributed by atoms with E-state index in [9.17, 15) is 4.79 Å². The Morgan fingerprint density at radius 2 is 2.18 bits per heavy atom. The molecule has 3 N–H and O–H groups in total. The normalized spacial score (nSPS) is 24.6. The van der Waals surface area contributed by atoms with Crippen molar-refractivity contribution in [2.45, 2.75) is 38.6 Å². The Bertz CT molecular complexity index is 402. The van der Waals surface area contributed by atoms with Gasteiger partial charge in [-0.05, 0) is 18.8 Å². The van der Waals surface area contributed by atoms with Gasteiger partial charge in [0.05, 0.1) is 0 Å². The van der Waals surface area contributed by atoms with Crippen molar-refractivity contribution >= 4 is 11.9 Å². The molecule has 1 amide bonds. The average molecular weight is 237 g/mol. The van der Waals surface area contributed by atoms with Gasteiger partial charge in [-0.1, -0.05) is 19.8 Å². The molecule has 0 bridgehead atoms. The van der Waals surface area contributed by atoms with Crippen LogP contribution in [0.2, 0.25) is 0 Å². The van der Waals surface area contributed by atoms with Crippen LogP contribution in [-0.2, 0) is 0 Å². The van der Waals surface area contributed by atoms with Crippen LogP contribution in [0.5, 0.6) is 0 Å². The summed E-state index contributed by atoms with van der Waals surface area (Å²) in [4.78, 5) is 17.8. The van der Waals surface area contributed by atoms with Gasteiger partial charge in [0.15, 0.2) is 0 Å². The van der Waals surface area contributed by atoms with Gasteiger partial charge in [-0.3, -0.25) is 9.89 Å². The number of amides is 1. The number of rotatable bonds is 2. The number of nitrogen functional groups attached to an aromatic ring is 1. The second-order valence-corrected chi connectivity index (χ2v) is 4.79. The molecule has 17 heavy (non-hydrogen) atoms. The topological polar surface area (TPSA) is 87.9 Å². The quantitative estimate of drug-likeness (QED) is 0.804. The minimum atomic E-state index is -0.132. The van der Waals surface area contributed by atoms with Crippen molar-refractivity contribution in [3.8, 4) is 0 Å². The first-order valence-electron chi connectivity index (χ1n) is 6.04. The summed E-state index contributed by atoms with van der Waals surface area (Å²) in [7, 11) is 1.83. The Morgan fingerprint density at radius 1 is 1.47 bits per heavy atom. The first kappa shape index (κ1) is 11.9. The molecule has 1 heterocycles. The van der Waals surface area contributed by atoms with E-state index in [0.29, 0.717) is 12.0 Å². The molecule has 0 radical (unpaired) electrons. The number of hydrogen-bond donors (Lipinski definition) is 2. The van der Waals surface area contributed by atoms with Gasteiger partial charge in [-0.15, -0.1) is 5.10 Å². The van der Waals surface area contributed by atoms with Crippen LogP contribution in [-0.4, -0.2) is 39.1 Å². The van der Waals surface area contributed by atoms with E-state index in [1.165, 1.54) is 19.3 Å². The lowest BCUT2D eigenvalue weighted by atomic mass is 9.85. The van der Waals surface area contributed by atoms with Gasteiger partial charge in [-0.2, -0.15) is 4.98 Å². The van der Waals surface area contributed by atoms with E-state index < -0.39 is 0 Å². The summed E-state index contributed by atoms with van der Waals surface area (Å²) < 4.78 is 0. The highest BCUT2D eigenvalue weighted by Gasteiger charge is 2.29. The molecule has 1 aliphatic rings. The van der Waals surface area contributed by atoms with Crippen LogP contribution in [0.3, 0.4) is 0 Å². The molecule has 0 aliphatic heterocycles. The molecule has 6 nitrogen and oxygen atoms in total. The molecule has 94 valence electrons. The number of nitrogens with zero attached hydrogens (tertiary/aromatic N) is 3. The summed E-state index contributed by atoms with van der Waals surface area (Å²) in [5.74, 6) is 0.743. The SMILES string of the molecule is CC1CCCCC1N(C)C(=O)c1nc(N)n[nH]1. The number of aromatic amines is 1. The van der Waals surface area contributed by atoms with E-state index in [1.807, 2.05) is 7.05 Å². The van der Waals surface area contributed by atoms with Crippen LogP contribution in [0.1, 0.15) is 43.2 Å². The summed E-state index contributed by atoms with van der Waals surface area (Å²) >= 11 is 0. The monoisotopic (exact) mass is 237 g/mol. The predicted octanol–water partition coefficient (Wildman–Crippen LogP) is 1.04. The maximum absolute atomic E-state index is 12.1. The van der Waals surface area contributed by atoms with E-state index >= 15 is 0 Å². The van der Waals surface area contributed by atoms with Crippen molar-refractivity contribution < 1.29 is 4.79 Å². The largest absolute Gasteiger partial charge is 0.366 e. The van der Waals surface area contributed by atoms with E-state index in [1.54, 1.807) is 4.90 Å². The van der Waals surface area contributed by atoms with Crippen LogP contribution in [0.25, 0.3) is 0 Å². The number of hydrogen-bond acceptors (Lipinski definition) is 4. The first-order chi connectivity index (χ1) is 8.09. The van der Waals surface area contributed by atoms with Gasteiger partial charge in [-0.25, -0.2) is 0 Å². The van der Waals surface area contributed by atoms with Crippen molar-refractivity contribution in [3.05, 3.63) is 5.82 Å². The fourth-order valence-electron chi connectivity index (χ4n) is 2.56. The molecular formula is C11H19N5O. The second kappa shape index (κ2) is 4.73. The lowest BCUT2D eigenvalue weighted by Crippen LogP contribution is -2.43. The molecule has 6 heteroatoms. The Labute approximate surface area is 101 Å². The van der Waals surface area contributed by atoms with Crippen LogP contribution in [0.15, 0.2) is 0 Å². The summed E-state index contributed by atoms with van der Waals surface area (Å²) in [5, 5.41) is 6.24. The molecular weight excluding hydrogens is 218 g/mol. The molecule has 1 saturated carbocycles. The van der Waals surface area contributed by atoms with Crippen LogP contribution < -0.4 is 5.73 Å². The van der Waals surface area contributed by atoms with Crippen molar-refractivity contribution in [2.24, 2.45) is 5.92 Å². The zero-order chi connectivity index (χ0) is 12.4. The molecule has 2 rings (SSSR count). The van der Waals surface area contributed by atoms with Gasteiger partial charge in [0.2, 0.25) is 11.8 Å². The van der Waals surface area contributed by atoms with Crippen molar-refractivity contribution in [2.75, 3.05) is 12.8 Å². The number of H-pyrrole nitrogens is 1. The van der Waals surface area contributed by atoms with Crippen molar-refractivity contribution in [3.63, 3.8) is 0 Å². The Hall–Kier alpha value is -1.59. The lowest BCUT2D eigenvalue weighted by Gasteiger charge is -2.35. The zero-order valence-electron chi connectivity index (χ0n) is 10.3. The minimum absolute atomic E-state index is 0.110. The maximum atomic E-state index is 12.1. The number of anilines is 1. The molecule has 1 aromatic rings. The maximum Gasteiger partial charge on any atom is 0.291 e. The highest BCUT2D eigenvalue weighted by atomic mass is 16.2. The van der Waals surface area contributed by atoms with E-state index in [-0.39, 0.29) is 17.7 Å². The molecule has 2 unspecified atom stereocenters. The molecule has 1 aromatic heterocycles. The zero-order valence-corrected chi connectivity index (χ0v) is 10.3. The molecule has 1 aliphatic carbocycles. The van der Waals surface area contributed by atoms with Gasteiger partial charge >= 0.3 is 0 Å².